The summed E-state index contributed by atoms with van der Waals surface area (Å²) in [7, 11) is 0. The minimum absolute atomic E-state index is 0.368. The van der Waals surface area contributed by atoms with Crippen molar-refractivity contribution in [2.75, 3.05) is 0 Å². The lowest BCUT2D eigenvalue weighted by Gasteiger charge is -2.32. The molecule has 0 radical (unpaired) electrons. The highest BCUT2D eigenvalue weighted by Crippen LogP contribution is 2.34. The molecule has 2 nitrogen and oxygen atoms in total. The molecule has 3 unspecified atom stereocenters. The molecular formula is C18H28BrNO. The first-order valence-electron chi connectivity index (χ1n) is 8.14. The van der Waals surface area contributed by atoms with E-state index in [0.29, 0.717) is 12.1 Å². The van der Waals surface area contributed by atoms with Crippen LogP contribution in [-0.2, 0) is 6.54 Å². The van der Waals surface area contributed by atoms with Gasteiger partial charge < -0.3 is 10.1 Å². The van der Waals surface area contributed by atoms with Crippen molar-refractivity contribution in [2.24, 2.45) is 11.8 Å². The Morgan fingerprint density at radius 2 is 2.00 bits per heavy atom. The summed E-state index contributed by atoms with van der Waals surface area (Å²) in [6, 6.07) is 6.93. The van der Waals surface area contributed by atoms with Crippen molar-refractivity contribution in [3.8, 4) is 5.75 Å². The van der Waals surface area contributed by atoms with E-state index >= 15 is 0 Å². The van der Waals surface area contributed by atoms with Crippen molar-refractivity contribution in [3.63, 3.8) is 0 Å². The van der Waals surface area contributed by atoms with E-state index in [0.717, 1.165) is 28.6 Å². The first-order valence-corrected chi connectivity index (χ1v) is 8.93. The van der Waals surface area contributed by atoms with Gasteiger partial charge in [0.1, 0.15) is 5.75 Å². The molecule has 21 heavy (non-hydrogen) atoms. The van der Waals surface area contributed by atoms with E-state index in [-0.39, 0.29) is 0 Å². The van der Waals surface area contributed by atoms with Gasteiger partial charge in [-0.05, 0) is 64.7 Å². The minimum atomic E-state index is 0.368. The van der Waals surface area contributed by atoms with E-state index in [4.69, 9.17) is 4.74 Å². The number of nitrogens with one attached hydrogen (secondary N) is 1. The second-order valence-corrected chi connectivity index (χ2v) is 7.66. The summed E-state index contributed by atoms with van der Waals surface area (Å²) in [5.41, 5.74) is 1.29. The zero-order valence-electron chi connectivity index (χ0n) is 13.7. The fourth-order valence-corrected chi connectivity index (χ4v) is 3.38. The maximum Gasteiger partial charge on any atom is 0.133 e. The summed E-state index contributed by atoms with van der Waals surface area (Å²) in [5, 5.41) is 3.44. The lowest BCUT2D eigenvalue weighted by atomic mass is 9.80. The third kappa shape index (κ3) is 5.00. The first kappa shape index (κ1) is 16.8. The smallest absolute Gasteiger partial charge is 0.133 e. The SMILES string of the molecule is CC(C)NCc1ccc(OC2CCC(C)C(C)C2)c(Br)c1. The molecule has 1 aromatic rings. The largest absolute Gasteiger partial charge is 0.489 e. The van der Waals surface area contributed by atoms with Gasteiger partial charge >= 0.3 is 0 Å². The quantitative estimate of drug-likeness (QED) is 0.789. The van der Waals surface area contributed by atoms with Gasteiger partial charge in [0.05, 0.1) is 10.6 Å². The topological polar surface area (TPSA) is 21.3 Å². The molecule has 1 aromatic carbocycles. The third-order valence-electron chi connectivity index (χ3n) is 4.55. The Hall–Kier alpha value is -0.540. The van der Waals surface area contributed by atoms with E-state index < -0.39 is 0 Å². The second kappa shape index (κ2) is 7.64. The van der Waals surface area contributed by atoms with Crippen LogP contribution in [0.25, 0.3) is 0 Å². The Labute approximate surface area is 137 Å². The van der Waals surface area contributed by atoms with Gasteiger partial charge in [0.2, 0.25) is 0 Å². The van der Waals surface area contributed by atoms with Crippen LogP contribution >= 0.6 is 15.9 Å². The first-order chi connectivity index (χ1) is 9.95. The number of ether oxygens (including phenoxy) is 1. The summed E-state index contributed by atoms with van der Waals surface area (Å²) < 4.78 is 7.28. The zero-order valence-corrected chi connectivity index (χ0v) is 15.2. The highest BCUT2D eigenvalue weighted by Gasteiger charge is 2.26. The van der Waals surface area contributed by atoms with Crippen molar-refractivity contribution in [1.82, 2.24) is 5.32 Å². The Bertz CT molecular complexity index is 461. The molecule has 1 N–H and O–H groups in total. The van der Waals surface area contributed by atoms with Gasteiger partial charge in [0.25, 0.3) is 0 Å². The Balaban J connectivity index is 1.94. The molecule has 118 valence electrons. The highest BCUT2D eigenvalue weighted by atomic mass is 79.9. The van der Waals surface area contributed by atoms with Crippen LogP contribution in [0.5, 0.6) is 5.75 Å². The fourth-order valence-electron chi connectivity index (χ4n) is 2.86. The molecule has 1 fully saturated rings. The van der Waals surface area contributed by atoms with Crippen LogP contribution in [0.15, 0.2) is 22.7 Å². The second-order valence-electron chi connectivity index (χ2n) is 6.81. The fraction of sp³-hybridized carbons (Fsp3) is 0.667. The van der Waals surface area contributed by atoms with Gasteiger partial charge in [-0.1, -0.05) is 33.8 Å². The average Bonchev–Trinajstić information content (AvgIpc) is 2.43. The van der Waals surface area contributed by atoms with Gasteiger partial charge in [0.15, 0.2) is 0 Å². The van der Waals surface area contributed by atoms with E-state index in [1.54, 1.807) is 0 Å². The monoisotopic (exact) mass is 353 g/mol. The average molecular weight is 354 g/mol. The lowest BCUT2D eigenvalue weighted by Crippen LogP contribution is -2.28. The normalized spacial score (nSPS) is 26.1. The van der Waals surface area contributed by atoms with Gasteiger partial charge in [-0.15, -0.1) is 0 Å². The predicted octanol–water partition coefficient (Wildman–Crippen LogP) is 5.15. The molecular weight excluding hydrogens is 326 g/mol. The van der Waals surface area contributed by atoms with Crippen LogP contribution in [0.2, 0.25) is 0 Å². The van der Waals surface area contributed by atoms with Crippen LogP contribution in [0.3, 0.4) is 0 Å². The number of benzene rings is 1. The molecule has 1 aliphatic rings. The van der Waals surface area contributed by atoms with E-state index in [1.807, 2.05) is 0 Å². The van der Waals surface area contributed by atoms with Crippen molar-refractivity contribution in [1.29, 1.82) is 0 Å². The molecule has 2 rings (SSSR count). The highest BCUT2D eigenvalue weighted by molar-refractivity contribution is 9.10. The van der Waals surface area contributed by atoms with Crippen LogP contribution in [0.4, 0.5) is 0 Å². The maximum atomic E-state index is 6.22. The summed E-state index contributed by atoms with van der Waals surface area (Å²) in [6.45, 7) is 9.92. The lowest BCUT2D eigenvalue weighted by molar-refractivity contribution is 0.0999. The number of hydrogen-bond donors (Lipinski definition) is 1. The molecule has 0 heterocycles. The van der Waals surface area contributed by atoms with Crippen molar-refractivity contribution in [3.05, 3.63) is 28.2 Å². The molecule has 3 heteroatoms. The predicted molar refractivity (Wildman–Crippen MR) is 92.7 cm³/mol. The maximum absolute atomic E-state index is 6.22. The molecule has 0 amide bonds. The molecule has 3 atom stereocenters. The van der Waals surface area contributed by atoms with Gasteiger partial charge in [-0.2, -0.15) is 0 Å². The number of hydrogen-bond acceptors (Lipinski definition) is 2. The molecule has 0 aliphatic heterocycles. The van der Waals surface area contributed by atoms with Gasteiger partial charge in [-0.25, -0.2) is 0 Å². The molecule has 1 aliphatic carbocycles. The molecule has 0 saturated heterocycles. The zero-order chi connectivity index (χ0) is 15.4. The van der Waals surface area contributed by atoms with Crippen LogP contribution in [0, 0.1) is 11.8 Å². The van der Waals surface area contributed by atoms with Crippen LogP contribution in [-0.4, -0.2) is 12.1 Å². The summed E-state index contributed by atoms with van der Waals surface area (Å²) in [5.74, 6) is 2.57. The van der Waals surface area contributed by atoms with Crippen molar-refractivity contribution >= 4 is 15.9 Å². The molecule has 1 saturated carbocycles. The van der Waals surface area contributed by atoms with E-state index in [2.05, 4.69) is 67.1 Å². The Morgan fingerprint density at radius 3 is 2.62 bits per heavy atom. The molecule has 0 bridgehead atoms. The Kier molecular flexibility index (Phi) is 6.12. The van der Waals surface area contributed by atoms with Crippen molar-refractivity contribution in [2.45, 2.75) is 65.6 Å². The van der Waals surface area contributed by atoms with Crippen LogP contribution in [0.1, 0.15) is 52.5 Å². The minimum Gasteiger partial charge on any atom is -0.489 e. The molecule has 0 spiro atoms. The number of rotatable bonds is 5. The van der Waals surface area contributed by atoms with E-state index in [1.165, 1.54) is 24.8 Å². The summed E-state index contributed by atoms with van der Waals surface area (Å²) >= 11 is 3.66. The summed E-state index contributed by atoms with van der Waals surface area (Å²) in [4.78, 5) is 0. The third-order valence-corrected chi connectivity index (χ3v) is 5.17. The van der Waals surface area contributed by atoms with E-state index in [9.17, 15) is 0 Å². The van der Waals surface area contributed by atoms with Gasteiger partial charge in [-0.3, -0.25) is 0 Å². The van der Waals surface area contributed by atoms with Gasteiger partial charge in [0, 0.05) is 12.6 Å². The Morgan fingerprint density at radius 1 is 1.24 bits per heavy atom. The summed E-state index contributed by atoms with van der Waals surface area (Å²) in [6.07, 6.45) is 3.99. The standard InChI is InChI=1S/C18H28BrNO/c1-12(2)20-11-15-6-8-18(17(19)10-15)21-16-7-5-13(3)14(4)9-16/h6,8,10,12-14,16,20H,5,7,9,11H2,1-4H3. The molecule has 0 aromatic heterocycles. The van der Waals surface area contributed by atoms with Crippen molar-refractivity contribution < 1.29 is 4.74 Å². The van der Waals surface area contributed by atoms with Crippen LogP contribution < -0.4 is 10.1 Å². The number of halogens is 1.